The van der Waals surface area contributed by atoms with Crippen LogP contribution in [0.5, 0.6) is 11.5 Å². The van der Waals surface area contributed by atoms with Gasteiger partial charge in [0.25, 0.3) is 5.91 Å². The number of carbonyl (C=O) groups excluding carboxylic acids is 2. The molecule has 7 heteroatoms. The van der Waals surface area contributed by atoms with Gasteiger partial charge in [-0.05, 0) is 29.8 Å². The van der Waals surface area contributed by atoms with Crippen molar-refractivity contribution in [1.82, 2.24) is 10.6 Å². The summed E-state index contributed by atoms with van der Waals surface area (Å²) in [4.78, 5) is 23.9. The Morgan fingerprint density at radius 3 is 2.40 bits per heavy atom. The van der Waals surface area contributed by atoms with Crippen LogP contribution in [0, 0.1) is 0 Å². The van der Waals surface area contributed by atoms with Crippen LogP contribution < -0.4 is 20.1 Å². The van der Waals surface area contributed by atoms with E-state index in [0.717, 1.165) is 5.56 Å². The molecule has 0 radical (unpaired) electrons. The molecular formula is C18H19ClN2O4. The molecule has 132 valence electrons. The van der Waals surface area contributed by atoms with Crippen LogP contribution in [0.1, 0.15) is 15.9 Å². The molecule has 0 aliphatic rings. The van der Waals surface area contributed by atoms with Crippen LogP contribution in [-0.2, 0) is 11.3 Å². The summed E-state index contributed by atoms with van der Waals surface area (Å²) in [6.45, 7) is 0.165. The van der Waals surface area contributed by atoms with Gasteiger partial charge in [0.1, 0.15) is 0 Å². The Labute approximate surface area is 151 Å². The number of amides is 2. The number of carbonyl (C=O) groups is 2. The molecule has 2 aromatic carbocycles. The van der Waals surface area contributed by atoms with Crippen LogP contribution in [0.4, 0.5) is 0 Å². The summed E-state index contributed by atoms with van der Waals surface area (Å²) in [6.07, 6.45) is 0. The minimum atomic E-state index is -0.396. The summed E-state index contributed by atoms with van der Waals surface area (Å²) in [5, 5.41) is 5.60. The lowest BCUT2D eigenvalue weighted by Crippen LogP contribution is -2.36. The maximum atomic E-state index is 12.0. The Morgan fingerprint density at radius 1 is 1.00 bits per heavy atom. The molecule has 0 aromatic heterocycles. The van der Waals surface area contributed by atoms with Crippen LogP contribution in [0.15, 0.2) is 42.5 Å². The van der Waals surface area contributed by atoms with Crippen LogP contribution in [0.3, 0.4) is 0 Å². The highest BCUT2D eigenvalue weighted by atomic mass is 35.5. The maximum Gasteiger partial charge on any atom is 0.253 e. The highest BCUT2D eigenvalue weighted by molar-refractivity contribution is 6.33. The number of benzene rings is 2. The molecule has 2 aromatic rings. The Balaban J connectivity index is 1.85. The van der Waals surface area contributed by atoms with E-state index < -0.39 is 5.91 Å². The van der Waals surface area contributed by atoms with E-state index in [4.69, 9.17) is 21.1 Å². The molecular weight excluding hydrogens is 344 g/mol. The summed E-state index contributed by atoms with van der Waals surface area (Å²) >= 11 is 5.95. The average Bonchev–Trinajstić information content (AvgIpc) is 2.64. The summed E-state index contributed by atoms with van der Waals surface area (Å²) < 4.78 is 10.4. The lowest BCUT2D eigenvalue weighted by molar-refractivity contribution is -0.120. The molecule has 0 saturated heterocycles. The Hall–Kier alpha value is -2.73. The largest absolute Gasteiger partial charge is 0.493 e. The minimum Gasteiger partial charge on any atom is -0.493 e. The summed E-state index contributed by atoms with van der Waals surface area (Å²) in [5.41, 5.74) is 1.18. The van der Waals surface area contributed by atoms with Crippen molar-refractivity contribution in [1.29, 1.82) is 0 Å². The zero-order valence-electron chi connectivity index (χ0n) is 14.0. The first kappa shape index (κ1) is 18.6. The van der Waals surface area contributed by atoms with Crippen molar-refractivity contribution in [3.8, 4) is 11.5 Å². The molecule has 0 aliphatic heterocycles. The predicted octanol–water partition coefficient (Wildman–Crippen LogP) is 2.40. The number of ether oxygens (including phenoxy) is 2. The number of nitrogens with one attached hydrogen (secondary N) is 2. The zero-order valence-corrected chi connectivity index (χ0v) is 14.7. The molecule has 25 heavy (non-hydrogen) atoms. The van der Waals surface area contributed by atoms with Crippen molar-refractivity contribution >= 4 is 23.4 Å². The van der Waals surface area contributed by atoms with E-state index in [-0.39, 0.29) is 12.5 Å². The number of hydrogen-bond acceptors (Lipinski definition) is 4. The molecule has 2 N–H and O–H groups in total. The third kappa shape index (κ3) is 5.12. The van der Waals surface area contributed by atoms with E-state index in [1.165, 1.54) is 0 Å². The quantitative estimate of drug-likeness (QED) is 0.793. The standard InChI is InChI=1S/C18H19ClN2O4/c1-24-15-8-7-12(9-16(15)25-2)10-20-17(22)11-21-18(23)13-5-3-4-6-14(13)19/h3-9H,10-11H2,1-2H3,(H,20,22)(H,21,23). The number of hydrogen-bond donors (Lipinski definition) is 2. The summed E-state index contributed by atoms with van der Waals surface area (Å²) in [5.74, 6) is 0.493. The molecule has 2 rings (SSSR count). The number of halogens is 1. The fourth-order valence-corrected chi connectivity index (χ4v) is 2.38. The summed E-state index contributed by atoms with van der Waals surface area (Å²) in [7, 11) is 3.10. The minimum absolute atomic E-state index is 0.142. The van der Waals surface area contributed by atoms with Crippen LogP contribution in [0.2, 0.25) is 5.02 Å². The first-order chi connectivity index (χ1) is 12.0. The topological polar surface area (TPSA) is 76.7 Å². The second kappa shape index (κ2) is 8.94. The van der Waals surface area contributed by atoms with E-state index in [1.807, 2.05) is 6.07 Å². The van der Waals surface area contributed by atoms with E-state index in [1.54, 1.807) is 50.6 Å². The molecule has 0 heterocycles. The summed E-state index contributed by atoms with van der Waals surface area (Å²) in [6, 6.07) is 12.0. The first-order valence-corrected chi connectivity index (χ1v) is 7.93. The lowest BCUT2D eigenvalue weighted by atomic mass is 10.2. The monoisotopic (exact) mass is 362 g/mol. The van der Waals surface area contributed by atoms with Crippen LogP contribution >= 0.6 is 11.6 Å². The van der Waals surface area contributed by atoms with Crippen molar-refractivity contribution in [3.05, 3.63) is 58.6 Å². The van der Waals surface area contributed by atoms with Crippen molar-refractivity contribution < 1.29 is 19.1 Å². The molecule has 0 aliphatic carbocycles. The van der Waals surface area contributed by atoms with Gasteiger partial charge in [-0.2, -0.15) is 0 Å². The smallest absolute Gasteiger partial charge is 0.253 e. The molecule has 0 saturated carbocycles. The molecule has 6 nitrogen and oxygen atoms in total. The van der Waals surface area contributed by atoms with Gasteiger partial charge >= 0.3 is 0 Å². The normalized spacial score (nSPS) is 10.0. The molecule has 0 unspecified atom stereocenters. The Bertz CT molecular complexity index is 764. The molecule has 0 fully saturated rings. The number of rotatable bonds is 7. The van der Waals surface area contributed by atoms with Gasteiger partial charge in [-0.1, -0.05) is 29.8 Å². The van der Waals surface area contributed by atoms with Gasteiger partial charge in [0, 0.05) is 6.54 Å². The van der Waals surface area contributed by atoms with Crippen LogP contribution in [0.25, 0.3) is 0 Å². The second-order valence-corrected chi connectivity index (χ2v) is 5.54. The van der Waals surface area contributed by atoms with E-state index in [0.29, 0.717) is 28.6 Å². The van der Waals surface area contributed by atoms with Gasteiger partial charge in [-0.25, -0.2) is 0 Å². The van der Waals surface area contributed by atoms with Gasteiger partial charge in [-0.15, -0.1) is 0 Å². The molecule has 0 atom stereocenters. The first-order valence-electron chi connectivity index (χ1n) is 7.55. The second-order valence-electron chi connectivity index (χ2n) is 5.13. The van der Waals surface area contributed by atoms with Crippen molar-refractivity contribution in [2.45, 2.75) is 6.54 Å². The van der Waals surface area contributed by atoms with Crippen molar-refractivity contribution in [3.63, 3.8) is 0 Å². The van der Waals surface area contributed by atoms with Gasteiger partial charge in [0.2, 0.25) is 5.91 Å². The Morgan fingerprint density at radius 2 is 1.72 bits per heavy atom. The molecule has 2 amide bonds. The van der Waals surface area contributed by atoms with Crippen molar-refractivity contribution in [2.24, 2.45) is 0 Å². The van der Waals surface area contributed by atoms with Gasteiger partial charge < -0.3 is 20.1 Å². The van der Waals surface area contributed by atoms with E-state index >= 15 is 0 Å². The fraction of sp³-hybridized carbons (Fsp3) is 0.222. The molecule has 0 bridgehead atoms. The Kier molecular flexibility index (Phi) is 6.65. The average molecular weight is 363 g/mol. The molecule has 0 spiro atoms. The van der Waals surface area contributed by atoms with Crippen LogP contribution in [-0.4, -0.2) is 32.6 Å². The number of methoxy groups -OCH3 is 2. The lowest BCUT2D eigenvalue weighted by Gasteiger charge is -2.11. The SMILES string of the molecule is COc1ccc(CNC(=O)CNC(=O)c2ccccc2Cl)cc1OC. The third-order valence-electron chi connectivity index (χ3n) is 3.47. The third-order valence-corrected chi connectivity index (χ3v) is 3.80. The van der Waals surface area contributed by atoms with Gasteiger partial charge in [0.15, 0.2) is 11.5 Å². The highest BCUT2D eigenvalue weighted by Crippen LogP contribution is 2.27. The maximum absolute atomic E-state index is 12.0. The van der Waals surface area contributed by atoms with Gasteiger partial charge in [-0.3, -0.25) is 9.59 Å². The fourth-order valence-electron chi connectivity index (χ4n) is 2.15. The van der Waals surface area contributed by atoms with E-state index in [2.05, 4.69) is 10.6 Å². The zero-order chi connectivity index (χ0) is 18.2. The highest BCUT2D eigenvalue weighted by Gasteiger charge is 2.11. The van der Waals surface area contributed by atoms with Crippen molar-refractivity contribution in [2.75, 3.05) is 20.8 Å². The van der Waals surface area contributed by atoms with Gasteiger partial charge in [0.05, 0.1) is 31.4 Å². The van der Waals surface area contributed by atoms with E-state index in [9.17, 15) is 9.59 Å². The predicted molar refractivity (Wildman–Crippen MR) is 95.2 cm³/mol.